The average molecular weight is 610 g/mol. The number of hydrogen-bond donors (Lipinski definition) is 3. The summed E-state index contributed by atoms with van der Waals surface area (Å²) in [7, 11) is 3.06. The molecule has 4 aromatic rings. The molecule has 0 heterocycles. The molecule has 0 saturated heterocycles. The number of carbonyl (C=O) groups excluding carboxylic acids is 3. The van der Waals surface area contributed by atoms with Crippen LogP contribution < -0.4 is 25.4 Å². The number of carbonyl (C=O) groups is 3. The first-order valence-corrected chi connectivity index (χ1v) is 14.8. The molecule has 1 unspecified atom stereocenters. The SMILES string of the molecule is COc1ccc(OC)c(/C=C(\NC(=O)c2ccccc2)C(=O)Nc2ccc(SC(C)C(=O)Nc3cc(C)cc(C)c3)cc2)c1. The normalized spacial score (nSPS) is 11.7. The van der Waals surface area contributed by atoms with E-state index in [0.29, 0.717) is 28.3 Å². The Kier molecular flexibility index (Phi) is 10.8. The molecule has 0 aliphatic rings. The minimum absolute atomic E-state index is 0.0144. The zero-order valence-corrected chi connectivity index (χ0v) is 26.1. The van der Waals surface area contributed by atoms with Crippen LogP contribution >= 0.6 is 11.8 Å². The summed E-state index contributed by atoms with van der Waals surface area (Å²) in [4.78, 5) is 40.2. The van der Waals surface area contributed by atoms with Crippen LogP contribution in [-0.2, 0) is 9.59 Å². The van der Waals surface area contributed by atoms with E-state index in [0.717, 1.165) is 21.7 Å². The Bertz CT molecular complexity index is 1650. The first-order chi connectivity index (χ1) is 21.1. The zero-order valence-electron chi connectivity index (χ0n) is 25.3. The third-order valence-corrected chi connectivity index (χ3v) is 7.66. The Morgan fingerprint density at radius 1 is 0.773 bits per heavy atom. The maximum atomic E-state index is 13.5. The van der Waals surface area contributed by atoms with Crippen molar-refractivity contribution in [3.63, 3.8) is 0 Å². The van der Waals surface area contributed by atoms with Crippen LogP contribution in [-0.4, -0.2) is 37.2 Å². The molecule has 0 radical (unpaired) electrons. The summed E-state index contributed by atoms with van der Waals surface area (Å²) in [6.45, 7) is 5.83. The van der Waals surface area contributed by atoms with Gasteiger partial charge in [-0.1, -0.05) is 24.3 Å². The molecule has 226 valence electrons. The Morgan fingerprint density at radius 3 is 2.09 bits per heavy atom. The van der Waals surface area contributed by atoms with Gasteiger partial charge in [0.25, 0.3) is 11.8 Å². The van der Waals surface area contributed by atoms with Crippen LogP contribution in [0.4, 0.5) is 11.4 Å². The molecule has 9 heteroatoms. The molecule has 8 nitrogen and oxygen atoms in total. The molecule has 0 aliphatic carbocycles. The third-order valence-electron chi connectivity index (χ3n) is 6.55. The first-order valence-electron chi connectivity index (χ1n) is 13.9. The molecule has 0 saturated carbocycles. The van der Waals surface area contributed by atoms with Crippen molar-refractivity contribution >= 4 is 46.9 Å². The highest BCUT2D eigenvalue weighted by molar-refractivity contribution is 8.00. The van der Waals surface area contributed by atoms with E-state index in [-0.39, 0.29) is 16.9 Å². The second-order valence-electron chi connectivity index (χ2n) is 10.1. The summed E-state index contributed by atoms with van der Waals surface area (Å²) in [5.74, 6) is 0.00190. The molecule has 0 bridgehead atoms. The third kappa shape index (κ3) is 8.75. The molecule has 1 atom stereocenters. The highest BCUT2D eigenvalue weighted by Gasteiger charge is 2.18. The average Bonchev–Trinajstić information content (AvgIpc) is 3.01. The number of methoxy groups -OCH3 is 2. The van der Waals surface area contributed by atoms with Crippen molar-refractivity contribution in [1.29, 1.82) is 0 Å². The fraction of sp³-hybridized carbons (Fsp3) is 0.171. The molecule has 4 aromatic carbocycles. The zero-order chi connectivity index (χ0) is 31.6. The highest BCUT2D eigenvalue weighted by atomic mass is 32.2. The summed E-state index contributed by atoms with van der Waals surface area (Å²) in [6, 6.07) is 26.9. The van der Waals surface area contributed by atoms with Crippen molar-refractivity contribution in [2.45, 2.75) is 30.9 Å². The lowest BCUT2D eigenvalue weighted by Crippen LogP contribution is -2.30. The van der Waals surface area contributed by atoms with Crippen molar-refractivity contribution in [2.75, 3.05) is 24.9 Å². The fourth-order valence-corrected chi connectivity index (χ4v) is 5.28. The maximum absolute atomic E-state index is 13.5. The minimum atomic E-state index is -0.527. The number of anilines is 2. The van der Waals surface area contributed by atoms with Gasteiger partial charge in [0.2, 0.25) is 5.91 Å². The van der Waals surface area contributed by atoms with Crippen molar-refractivity contribution in [3.05, 3.63) is 119 Å². The molecule has 0 fully saturated rings. The Labute approximate surface area is 261 Å². The van der Waals surface area contributed by atoms with E-state index in [1.54, 1.807) is 67.8 Å². The van der Waals surface area contributed by atoms with Gasteiger partial charge in [-0.2, -0.15) is 0 Å². The number of nitrogens with one attached hydrogen (secondary N) is 3. The van der Waals surface area contributed by atoms with Gasteiger partial charge in [0.1, 0.15) is 17.2 Å². The van der Waals surface area contributed by atoms with E-state index >= 15 is 0 Å². The van der Waals surface area contributed by atoms with Crippen LogP contribution in [0.2, 0.25) is 0 Å². The molecule has 3 amide bonds. The van der Waals surface area contributed by atoms with Crippen LogP contribution in [0.1, 0.15) is 34.0 Å². The maximum Gasteiger partial charge on any atom is 0.272 e. The number of benzene rings is 4. The first kappa shape index (κ1) is 31.9. The second-order valence-corrected chi connectivity index (χ2v) is 11.5. The predicted octanol–water partition coefficient (Wildman–Crippen LogP) is 6.85. The highest BCUT2D eigenvalue weighted by Crippen LogP contribution is 2.28. The van der Waals surface area contributed by atoms with Crippen molar-refractivity contribution in [3.8, 4) is 11.5 Å². The van der Waals surface area contributed by atoms with Crippen LogP contribution in [0.3, 0.4) is 0 Å². The molecule has 3 N–H and O–H groups in total. The molecular formula is C35H35N3O5S. The summed E-state index contributed by atoms with van der Waals surface area (Å²) in [6.07, 6.45) is 1.54. The van der Waals surface area contributed by atoms with Crippen LogP contribution in [0.15, 0.2) is 102 Å². The Balaban J connectivity index is 1.49. The van der Waals surface area contributed by atoms with Gasteiger partial charge in [0.15, 0.2) is 0 Å². The van der Waals surface area contributed by atoms with Gasteiger partial charge in [0, 0.05) is 27.4 Å². The monoisotopic (exact) mass is 609 g/mol. The Morgan fingerprint density at radius 2 is 1.45 bits per heavy atom. The molecule has 0 spiro atoms. The molecule has 0 aliphatic heterocycles. The number of ether oxygens (including phenoxy) is 2. The smallest absolute Gasteiger partial charge is 0.272 e. The van der Waals surface area contributed by atoms with Crippen LogP contribution in [0.5, 0.6) is 11.5 Å². The Hall–Kier alpha value is -5.02. The number of rotatable bonds is 11. The number of hydrogen-bond acceptors (Lipinski definition) is 6. The van der Waals surface area contributed by atoms with Gasteiger partial charge in [-0.15, -0.1) is 11.8 Å². The van der Waals surface area contributed by atoms with Gasteiger partial charge < -0.3 is 25.4 Å². The number of aryl methyl sites for hydroxylation is 2. The van der Waals surface area contributed by atoms with E-state index in [9.17, 15) is 14.4 Å². The molecule has 0 aromatic heterocycles. The van der Waals surface area contributed by atoms with Gasteiger partial charge >= 0.3 is 0 Å². The second kappa shape index (κ2) is 14.9. The standard InChI is InChI=1S/C35H35N3O5S/c1-22-17-23(2)19-28(18-22)37-33(39)24(3)44-30-14-11-27(12-15-30)36-35(41)31(38-34(40)25-9-7-6-8-10-25)21-26-20-29(42-4)13-16-32(26)43-5/h6-21,24H,1-5H3,(H,36,41)(H,37,39)(H,38,40)/b31-21-. The minimum Gasteiger partial charge on any atom is -0.497 e. The van der Waals surface area contributed by atoms with Gasteiger partial charge in [-0.3, -0.25) is 14.4 Å². The molecule has 44 heavy (non-hydrogen) atoms. The molecule has 4 rings (SSSR count). The lowest BCUT2D eigenvalue weighted by atomic mass is 10.1. The van der Waals surface area contributed by atoms with Crippen LogP contribution in [0.25, 0.3) is 6.08 Å². The van der Waals surface area contributed by atoms with E-state index in [4.69, 9.17) is 9.47 Å². The molecular weight excluding hydrogens is 574 g/mol. The van der Waals surface area contributed by atoms with Gasteiger partial charge in [0.05, 0.1) is 19.5 Å². The predicted molar refractivity (Wildman–Crippen MR) is 176 cm³/mol. The lowest BCUT2D eigenvalue weighted by molar-refractivity contribution is -0.115. The van der Waals surface area contributed by atoms with E-state index in [1.807, 2.05) is 45.0 Å². The topological polar surface area (TPSA) is 106 Å². The van der Waals surface area contributed by atoms with Crippen molar-refractivity contribution in [1.82, 2.24) is 5.32 Å². The largest absolute Gasteiger partial charge is 0.497 e. The summed E-state index contributed by atoms with van der Waals surface area (Å²) >= 11 is 1.41. The lowest BCUT2D eigenvalue weighted by Gasteiger charge is -2.14. The van der Waals surface area contributed by atoms with Gasteiger partial charge in [-0.05, 0) is 105 Å². The fourth-order valence-electron chi connectivity index (χ4n) is 4.41. The van der Waals surface area contributed by atoms with Crippen molar-refractivity contribution < 1.29 is 23.9 Å². The van der Waals surface area contributed by atoms with E-state index < -0.39 is 11.8 Å². The summed E-state index contributed by atoms with van der Waals surface area (Å²) in [5, 5.41) is 8.21. The van der Waals surface area contributed by atoms with E-state index in [1.165, 1.54) is 24.9 Å². The van der Waals surface area contributed by atoms with E-state index in [2.05, 4.69) is 22.0 Å². The van der Waals surface area contributed by atoms with Crippen molar-refractivity contribution in [2.24, 2.45) is 0 Å². The quantitative estimate of drug-likeness (QED) is 0.127. The summed E-state index contributed by atoms with van der Waals surface area (Å²) < 4.78 is 10.8. The summed E-state index contributed by atoms with van der Waals surface area (Å²) in [5.41, 5.74) is 4.42. The van der Waals surface area contributed by atoms with Crippen LogP contribution in [0, 0.1) is 13.8 Å². The number of thioether (sulfide) groups is 1. The number of amides is 3. The van der Waals surface area contributed by atoms with Gasteiger partial charge in [-0.25, -0.2) is 0 Å².